The monoisotopic (exact) mass is 210 g/mol. The Balaban J connectivity index is 2.87. The van der Waals surface area contributed by atoms with Crippen molar-refractivity contribution in [1.29, 1.82) is 0 Å². The zero-order valence-electron chi connectivity index (χ0n) is 10.0. The van der Waals surface area contributed by atoms with E-state index in [1.54, 1.807) is 0 Å². The van der Waals surface area contributed by atoms with E-state index in [9.17, 15) is 0 Å². The first-order valence-electron chi connectivity index (χ1n) is 5.35. The molecule has 0 aliphatic heterocycles. The summed E-state index contributed by atoms with van der Waals surface area (Å²) in [5.74, 6) is 0. The van der Waals surface area contributed by atoms with Crippen molar-refractivity contribution in [2.24, 2.45) is 0 Å². The van der Waals surface area contributed by atoms with Crippen LogP contribution in [0.3, 0.4) is 0 Å². The van der Waals surface area contributed by atoms with Crippen LogP contribution in [-0.2, 0) is 0 Å². The summed E-state index contributed by atoms with van der Waals surface area (Å²) >= 11 is 0. The van der Waals surface area contributed by atoms with Crippen LogP contribution in [0.2, 0.25) is 0 Å². The van der Waals surface area contributed by atoms with Gasteiger partial charge in [-0.25, -0.2) is 0 Å². The highest BCUT2D eigenvalue weighted by atomic mass is 13.9. The summed E-state index contributed by atoms with van der Waals surface area (Å²) in [6, 6.07) is 8.35. The van der Waals surface area contributed by atoms with Crippen LogP contribution in [0.25, 0.3) is 12.2 Å². The van der Waals surface area contributed by atoms with Gasteiger partial charge in [-0.2, -0.15) is 0 Å². The molecule has 0 heterocycles. The molecule has 0 spiro atoms. The van der Waals surface area contributed by atoms with Gasteiger partial charge in [-0.15, -0.1) is 0 Å². The number of hydrogen-bond donors (Lipinski definition) is 0. The maximum absolute atomic E-state index is 3.84. The lowest BCUT2D eigenvalue weighted by Crippen LogP contribution is -1.76. The minimum Gasteiger partial charge on any atom is -0.0961 e. The molecule has 0 radical (unpaired) electrons. The third-order valence-corrected chi connectivity index (χ3v) is 2.03. The summed E-state index contributed by atoms with van der Waals surface area (Å²) in [4.78, 5) is 0. The molecule has 0 N–H and O–H groups in total. The molecule has 0 aliphatic carbocycles. The Morgan fingerprint density at radius 2 is 1.38 bits per heavy atom. The van der Waals surface area contributed by atoms with Crippen LogP contribution in [0, 0.1) is 0 Å². The predicted octanol–water partition coefficient (Wildman–Crippen LogP) is 4.87. The summed E-state index contributed by atoms with van der Waals surface area (Å²) in [7, 11) is 0. The molecular formula is C16H18. The van der Waals surface area contributed by atoms with E-state index in [0.717, 1.165) is 11.1 Å². The van der Waals surface area contributed by atoms with Crippen molar-refractivity contribution in [1.82, 2.24) is 0 Å². The summed E-state index contributed by atoms with van der Waals surface area (Å²) < 4.78 is 0. The second-order valence-corrected chi connectivity index (χ2v) is 4.03. The molecule has 0 aliphatic rings. The average Bonchev–Trinajstić information content (AvgIpc) is 2.24. The molecule has 0 bridgehead atoms. The van der Waals surface area contributed by atoms with Crippen LogP contribution in [0.4, 0.5) is 0 Å². The largest absolute Gasteiger partial charge is 0.0961 e. The van der Waals surface area contributed by atoms with Gasteiger partial charge in [0.05, 0.1) is 0 Å². The minimum atomic E-state index is 1.06. The Bertz CT molecular complexity index is 406. The van der Waals surface area contributed by atoms with Crippen LogP contribution in [0.15, 0.2) is 60.7 Å². The molecule has 0 unspecified atom stereocenters. The van der Waals surface area contributed by atoms with E-state index in [-0.39, 0.29) is 0 Å². The molecule has 82 valence electrons. The van der Waals surface area contributed by atoms with E-state index in [1.807, 2.05) is 26.0 Å². The molecule has 1 aromatic rings. The van der Waals surface area contributed by atoms with E-state index in [2.05, 4.69) is 49.6 Å². The van der Waals surface area contributed by atoms with E-state index >= 15 is 0 Å². The Labute approximate surface area is 98.3 Å². The van der Waals surface area contributed by atoms with Gasteiger partial charge in [0, 0.05) is 0 Å². The Morgan fingerprint density at radius 3 is 1.75 bits per heavy atom. The van der Waals surface area contributed by atoms with Gasteiger partial charge in [-0.3, -0.25) is 0 Å². The van der Waals surface area contributed by atoms with E-state index in [0.29, 0.717) is 0 Å². The zero-order chi connectivity index (χ0) is 12.0. The molecular weight excluding hydrogens is 192 g/mol. The Morgan fingerprint density at radius 1 is 0.938 bits per heavy atom. The fourth-order valence-electron chi connectivity index (χ4n) is 1.24. The van der Waals surface area contributed by atoms with Crippen molar-refractivity contribution < 1.29 is 0 Å². The first kappa shape index (κ1) is 12.3. The summed E-state index contributed by atoms with van der Waals surface area (Å²) in [5, 5.41) is 0. The van der Waals surface area contributed by atoms with Crippen molar-refractivity contribution in [3.8, 4) is 0 Å². The van der Waals surface area contributed by atoms with Gasteiger partial charge in [-0.05, 0) is 31.0 Å². The number of hydrogen-bond acceptors (Lipinski definition) is 0. The van der Waals surface area contributed by atoms with Gasteiger partial charge in [-0.1, -0.05) is 66.8 Å². The van der Waals surface area contributed by atoms with Crippen molar-refractivity contribution in [2.45, 2.75) is 13.8 Å². The van der Waals surface area contributed by atoms with Crippen molar-refractivity contribution in [3.05, 3.63) is 71.8 Å². The zero-order valence-corrected chi connectivity index (χ0v) is 10.0. The van der Waals surface area contributed by atoms with E-state index in [1.165, 1.54) is 11.1 Å². The van der Waals surface area contributed by atoms with Crippen molar-refractivity contribution in [3.63, 3.8) is 0 Å². The van der Waals surface area contributed by atoms with Crippen LogP contribution in [0.1, 0.15) is 25.0 Å². The van der Waals surface area contributed by atoms with Gasteiger partial charge in [0.1, 0.15) is 0 Å². The average molecular weight is 210 g/mol. The van der Waals surface area contributed by atoms with Crippen LogP contribution >= 0.6 is 0 Å². The minimum absolute atomic E-state index is 1.06. The number of benzene rings is 1. The molecule has 0 saturated carbocycles. The first-order chi connectivity index (χ1) is 7.58. The summed E-state index contributed by atoms with van der Waals surface area (Å²) in [5.41, 5.74) is 4.49. The molecule has 0 aromatic heterocycles. The molecule has 0 saturated heterocycles. The lowest BCUT2D eigenvalue weighted by Gasteiger charge is -1.97. The third-order valence-electron chi connectivity index (χ3n) is 2.03. The second kappa shape index (κ2) is 5.92. The smallest absolute Gasteiger partial charge is 0.0251 e. The molecule has 0 heteroatoms. The second-order valence-electron chi connectivity index (χ2n) is 4.03. The summed E-state index contributed by atoms with van der Waals surface area (Å²) in [6.07, 6.45) is 8.17. The predicted molar refractivity (Wildman–Crippen MR) is 74.1 cm³/mol. The lowest BCUT2D eigenvalue weighted by molar-refractivity contribution is 1.55. The fourth-order valence-corrected chi connectivity index (χ4v) is 1.24. The standard InChI is InChI=1S/C16H18/c1-13(2)8-10-15-6-5-7-16(12-15)11-9-14(3)4/h5-12H,1,3H2,2,4H3. The highest BCUT2D eigenvalue weighted by Gasteiger charge is 1.89. The summed E-state index contributed by atoms with van der Waals surface area (Å²) in [6.45, 7) is 11.7. The van der Waals surface area contributed by atoms with Gasteiger partial charge in [0.2, 0.25) is 0 Å². The van der Waals surface area contributed by atoms with Gasteiger partial charge in [0.15, 0.2) is 0 Å². The van der Waals surface area contributed by atoms with Gasteiger partial charge in [0.25, 0.3) is 0 Å². The van der Waals surface area contributed by atoms with Gasteiger partial charge >= 0.3 is 0 Å². The molecule has 0 fully saturated rings. The van der Waals surface area contributed by atoms with E-state index in [4.69, 9.17) is 0 Å². The van der Waals surface area contributed by atoms with Gasteiger partial charge < -0.3 is 0 Å². The number of rotatable bonds is 4. The molecule has 0 nitrogen and oxygen atoms in total. The topological polar surface area (TPSA) is 0 Å². The maximum Gasteiger partial charge on any atom is -0.0251 e. The molecule has 1 rings (SSSR count). The highest BCUT2D eigenvalue weighted by Crippen LogP contribution is 2.10. The van der Waals surface area contributed by atoms with Crippen molar-refractivity contribution in [2.75, 3.05) is 0 Å². The number of allylic oxidation sites excluding steroid dienone is 4. The Hall–Kier alpha value is -1.82. The van der Waals surface area contributed by atoms with Crippen LogP contribution in [-0.4, -0.2) is 0 Å². The Kier molecular flexibility index (Phi) is 4.53. The SMILES string of the molecule is C=C(C)C=Cc1cccc(C=CC(=C)C)c1. The first-order valence-corrected chi connectivity index (χ1v) is 5.35. The third kappa shape index (κ3) is 4.61. The molecule has 16 heavy (non-hydrogen) atoms. The fraction of sp³-hybridized carbons (Fsp3) is 0.125. The highest BCUT2D eigenvalue weighted by molar-refractivity contribution is 5.60. The lowest BCUT2D eigenvalue weighted by atomic mass is 10.1. The normalized spacial score (nSPS) is 11.1. The molecule has 1 aromatic carbocycles. The van der Waals surface area contributed by atoms with Crippen molar-refractivity contribution >= 4 is 12.2 Å². The van der Waals surface area contributed by atoms with E-state index < -0.39 is 0 Å². The maximum atomic E-state index is 3.84. The van der Waals surface area contributed by atoms with Crippen LogP contribution in [0.5, 0.6) is 0 Å². The quantitative estimate of drug-likeness (QED) is 0.622. The molecule has 0 atom stereocenters. The molecule has 0 amide bonds. The van der Waals surface area contributed by atoms with Crippen LogP contribution < -0.4 is 0 Å².